The zero-order chi connectivity index (χ0) is 16.8. The van der Waals surface area contributed by atoms with Crippen molar-refractivity contribution < 1.29 is 9.59 Å². The molecule has 2 aromatic carbocycles. The van der Waals surface area contributed by atoms with Gasteiger partial charge in [-0.25, -0.2) is 0 Å². The van der Waals surface area contributed by atoms with E-state index < -0.39 is 0 Å². The molecule has 0 spiro atoms. The van der Waals surface area contributed by atoms with E-state index in [1.807, 2.05) is 18.2 Å². The third-order valence-corrected chi connectivity index (χ3v) is 5.13. The van der Waals surface area contributed by atoms with Gasteiger partial charge in [0.25, 0.3) is 5.91 Å². The fourth-order valence-electron chi connectivity index (χ4n) is 3.38. The molecule has 0 N–H and O–H groups in total. The van der Waals surface area contributed by atoms with E-state index >= 15 is 0 Å². The molecule has 0 saturated carbocycles. The van der Waals surface area contributed by atoms with Crippen molar-refractivity contribution >= 4 is 50.1 Å². The SMILES string of the molecule is O=C1CCCc2c1n(C(=O)c1cccc(Cl)c1)c1ccc(Br)cc21. The Morgan fingerprint density at radius 1 is 1.12 bits per heavy atom. The standard InChI is InChI=1S/C19H13BrClNO2/c20-12-7-8-16-15(10-12)14-5-2-6-17(23)18(14)22(16)19(24)11-3-1-4-13(21)9-11/h1,3-4,7-10H,2,5-6H2. The molecule has 1 aliphatic carbocycles. The van der Waals surface area contributed by atoms with Gasteiger partial charge in [0.15, 0.2) is 5.78 Å². The van der Waals surface area contributed by atoms with Crippen LogP contribution in [0.5, 0.6) is 0 Å². The number of Topliss-reactive ketones (excluding diaryl/α,β-unsaturated/α-hetero) is 1. The Labute approximate surface area is 152 Å². The van der Waals surface area contributed by atoms with Gasteiger partial charge in [0.05, 0.1) is 11.2 Å². The highest BCUT2D eigenvalue weighted by Crippen LogP contribution is 2.34. The molecule has 1 aromatic heterocycles. The molecule has 120 valence electrons. The van der Waals surface area contributed by atoms with E-state index in [0.717, 1.165) is 33.8 Å². The molecule has 3 nitrogen and oxygen atoms in total. The zero-order valence-electron chi connectivity index (χ0n) is 12.7. The molecule has 0 unspecified atom stereocenters. The molecular weight excluding hydrogens is 390 g/mol. The summed E-state index contributed by atoms with van der Waals surface area (Å²) in [6.07, 6.45) is 2.11. The summed E-state index contributed by atoms with van der Waals surface area (Å²) in [5, 5.41) is 1.46. The molecular formula is C19H13BrClNO2. The van der Waals surface area contributed by atoms with Crippen LogP contribution in [0.25, 0.3) is 10.9 Å². The second-order valence-corrected chi connectivity index (χ2v) is 7.27. The third kappa shape index (κ3) is 2.41. The van der Waals surface area contributed by atoms with Crippen LogP contribution in [0.2, 0.25) is 5.02 Å². The number of carbonyl (C=O) groups is 2. The summed E-state index contributed by atoms with van der Waals surface area (Å²) >= 11 is 9.51. The summed E-state index contributed by atoms with van der Waals surface area (Å²) in [7, 11) is 0. The molecule has 0 aliphatic heterocycles. The van der Waals surface area contributed by atoms with Crippen LogP contribution in [-0.2, 0) is 6.42 Å². The largest absolute Gasteiger partial charge is 0.293 e. The maximum Gasteiger partial charge on any atom is 0.263 e. The van der Waals surface area contributed by atoms with Crippen LogP contribution < -0.4 is 0 Å². The number of ketones is 1. The highest BCUT2D eigenvalue weighted by molar-refractivity contribution is 9.10. The van der Waals surface area contributed by atoms with Crippen LogP contribution in [0.1, 0.15) is 39.3 Å². The van der Waals surface area contributed by atoms with Gasteiger partial charge < -0.3 is 0 Å². The van der Waals surface area contributed by atoms with Crippen LogP contribution in [-0.4, -0.2) is 16.3 Å². The van der Waals surface area contributed by atoms with E-state index in [9.17, 15) is 9.59 Å². The van der Waals surface area contributed by atoms with E-state index in [4.69, 9.17) is 11.6 Å². The molecule has 0 atom stereocenters. The van der Waals surface area contributed by atoms with E-state index in [1.54, 1.807) is 28.8 Å². The minimum absolute atomic E-state index is 0.0268. The van der Waals surface area contributed by atoms with Crippen molar-refractivity contribution in [2.24, 2.45) is 0 Å². The number of fused-ring (bicyclic) bond motifs is 3. The van der Waals surface area contributed by atoms with Gasteiger partial charge in [0.2, 0.25) is 0 Å². The molecule has 5 heteroatoms. The average molecular weight is 403 g/mol. The molecule has 24 heavy (non-hydrogen) atoms. The molecule has 0 amide bonds. The van der Waals surface area contributed by atoms with Crippen molar-refractivity contribution in [3.8, 4) is 0 Å². The van der Waals surface area contributed by atoms with Gasteiger partial charge in [-0.3, -0.25) is 14.2 Å². The highest BCUT2D eigenvalue weighted by Gasteiger charge is 2.29. The highest BCUT2D eigenvalue weighted by atomic mass is 79.9. The van der Waals surface area contributed by atoms with Gasteiger partial charge in [0.1, 0.15) is 0 Å². The van der Waals surface area contributed by atoms with Crippen molar-refractivity contribution in [3.63, 3.8) is 0 Å². The zero-order valence-corrected chi connectivity index (χ0v) is 15.0. The number of aryl methyl sites for hydroxylation is 1. The summed E-state index contributed by atoms with van der Waals surface area (Å²) in [5.41, 5.74) is 2.74. The van der Waals surface area contributed by atoms with Gasteiger partial charge in [0, 0.05) is 26.9 Å². The van der Waals surface area contributed by atoms with E-state index in [1.165, 1.54) is 0 Å². The Morgan fingerprint density at radius 3 is 2.75 bits per heavy atom. The number of nitrogens with zero attached hydrogens (tertiary/aromatic N) is 1. The fraction of sp³-hybridized carbons (Fsp3) is 0.158. The number of halogens is 2. The first kappa shape index (κ1) is 15.6. The molecule has 0 radical (unpaired) electrons. The number of benzene rings is 2. The minimum Gasteiger partial charge on any atom is -0.293 e. The van der Waals surface area contributed by atoms with Crippen molar-refractivity contribution in [2.75, 3.05) is 0 Å². The third-order valence-electron chi connectivity index (χ3n) is 4.40. The molecule has 0 fully saturated rings. The van der Waals surface area contributed by atoms with Gasteiger partial charge >= 0.3 is 0 Å². The van der Waals surface area contributed by atoms with E-state index in [0.29, 0.717) is 22.7 Å². The lowest BCUT2D eigenvalue weighted by molar-refractivity contribution is 0.0913. The lowest BCUT2D eigenvalue weighted by Gasteiger charge is -2.14. The summed E-state index contributed by atoms with van der Waals surface area (Å²) < 4.78 is 2.49. The fourth-order valence-corrected chi connectivity index (χ4v) is 3.93. The second-order valence-electron chi connectivity index (χ2n) is 5.92. The monoisotopic (exact) mass is 401 g/mol. The van der Waals surface area contributed by atoms with Crippen LogP contribution in [0, 0.1) is 0 Å². The number of hydrogen-bond donors (Lipinski definition) is 0. The van der Waals surface area contributed by atoms with Crippen molar-refractivity contribution in [1.82, 2.24) is 4.57 Å². The number of rotatable bonds is 1. The average Bonchev–Trinajstić information content (AvgIpc) is 2.89. The first-order valence-electron chi connectivity index (χ1n) is 7.72. The first-order valence-corrected chi connectivity index (χ1v) is 8.89. The Balaban J connectivity index is 2.03. The minimum atomic E-state index is -0.221. The topological polar surface area (TPSA) is 39.1 Å². The second kappa shape index (κ2) is 5.87. The van der Waals surface area contributed by atoms with Crippen molar-refractivity contribution in [2.45, 2.75) is 19.3 Å². The predicted octanol–water partition coefficient (Wildman–Crippen LogP) is 5.26. The number of hydrogen-bond acceptors (Lipinski definition) is 2. The van der Waals surface area contributed by atoms with E-state index in [-0.39, 0.29) is 11.7 Å². The van der Waals surface area contributed by atoms with Crippen LogP contribution in [0.4, 0.5) is 0 Å². The molecule has 0 bridgehead atoms. The van der Waals surface area contributed by atoms with Gasteiger partial charge in [-0.05, 0) is 54.8 Å². The lowest BCUT2D eigenvalue weighted by Crippen LogP contribution is -2.21. The van der Waals surface area contributed by atoms with Crippen LogP contribution in [0.15, 0.2) is 46.9 Å². The van der Waals surface area contributed by atoms with Crippen LogP contribution in [0.3, 0.4) is 0 Å². The van der Waals surface area contributed by atoms with Gasteiger partial charge in [-0.2, -0.15) is 0 Å². The van der Waals surface area contributed by atoms with Crippen LogP contribution >= 0.6 is 27.5 Å². The molecule has 4 rings (SSSR count). The lowest BCUT2D eigenvalue weighted by atomic mass is 9.94. The van der Waals surface area contributed by atoms with Gasteiger partial charge in [-0.1, -0.05) is 33.6 Å². The Bertz CT molecular complexity index is 1010. The summed E-state index contributed by atoms with van der Waals surface area (Å²) in [4.78, 5) is 25.7. The Hall–Kier alpha value is -1.91. The predicted molar refractivity (Wildman–Crippen MR) is 98.1 cm³/mol. The molecule has 3 aromatic rings. The van der Waals surface area contributed by atoms with Crippen molar-refractivity contribution in [3.05, 3.63) is 68.8 Å². The Morgan fingerprint density at radius 2 is 1.96 bits per heavy atom. The summed E-state index contributed by atoms with van der Waals surface area (Å²) in [5.74, 6) is -0.194. The smallest absolute Gasteiger partial charge is 0.263 e. The van der Waals surface area contributed by atoms with Gasteiger partial charge in [-0.15, -0.1) is 0 Å². The quantitative estimate of drug-likeness (QED) is 0.556. The normalized spacial score (nSPS) is 14.0. The molecule has 1 aliphatic rings. The summed E-state index contributed by atoms with van der Waals surface area (Å²) in [6.45, 7) is 0. The molecule has 0 saturated heterocycles. The Kier molecular flexibility index (Phi) is 3.82. The summed E-state index contributed by atoms with van der Waals surface area (Å²) in [6, 6.07) is 12.6. The maximum absolute atomic E-state index is 13.1. The maximum atomic E-state index is 13.1. The van der Waals surface area contributed by atoms with E-state index in [2.05, 4.69) is 15.9 Å². The van der Waals surface area contributed by atoms with Crippen molar-refractivity contribution in [1.29, 1.82) is 0 Å². The number of carbonyl (C=O) groups excluding carboxylic acids is 2. The number of aromatic nitrogens is 1. The molecule has 1 heterocycles. The first-order chi connectivity index (χ1) is 11.6.